The monoisotopic (exact) mass is 391 g/mol. The Morgan fingerprint density at radius 2 is 2.00 bits per heavy atom. The first-order valence-electron chi connectivity index (χ1n) is 6.89. The summed E-state index contributed by atoms with van der Waals surface area (Å²) in [5.74, 6) is -0.595. The van der Waals surface area contributed by atoms with Crippen molar-refractivity contribution < 1.29 is 9.59 Å². The number of rotatable bonds is 6. The zero-order valence-corrected chi connectivity index (χ0v) is 15.4. The van der Waals surface area contributed by atoms with E-state index in [9.17, 15) is 9.59 Å². The van der Waals surface area contributed by atoms with Gasteiger partial charge in [-0.25, -0.2) is 0 Å². The summed E-state index contributed by atoms with van der Waals surface area (Å²) in [5.41, 5.74) is 6.63. The minimum atomic E-state index is -0.944. The highest BCUT2D eigenvalue weighted by Gasteiger charge is 2.27. The van der Waals surface area contributed by atoms with Crippen LogP contribution in [-0.2, 0) is 9.59 Å². The lowest BCUT2D eigenvalue weighted by Crippen LogP contribution is -2.52. The van der Waals surface area contributed by atoms with Gasteiger partial charge in [-0.1, -0.05) is 35.3 Å². The van der Waals surface area contributed by atoms with E-state index in [2.05, 4.69) is 26.6 Å². The van der Waals surface area contributed by atoms with Gasteiger partial charge in [-0.2, -0.15) is 0 Å². The summed E-state index contributed by atoms with van der Waals surface area (Å²) in [6.07, 6.45) is 1.38. The molecule has 0 aliphatic carbocycles. The van der Waals surface area contributed by atoms with Gasteiger partial charge in [0.2, 0.25) is 11.8 Å². The minimum absolute atomic E-state index is 0. The van der Waals surface area contributed by atoms with Crippen LogP contribution in [-0.4, -0.2) is 23.9 Å². The molecule has 0 bridgehead atoms. The molecule has 0 aliphatic rings. The molecular weight excluding hydrogens is 370 g/mol. The Kier molecular flexibility index (Phi) is 8.66. The number of nitrogens with one attached hydrogen (secondary N) is 2. The smallest absolute Gasteiger partial charge is 0.243 e. The first-order chi connectivity index (χ1) is 9.76. The topological polar surface area (TPSA) is 84.2 Å². The number of carbonyl (C=O) groups is 2. The van der Waals surface area contributed by atoms with Crippen molar-refractivity contribution in [2.45, 2.75) is 39.2 Å². The van der Waals surface area contributed by atoms with Gasteiger partial charge in [0.1, 0.15) is 0 Å². The highest BCUT2D eigenvalue weighted by atomic mass is 79.9. The normalized spacial score (nSPS) is 12.8. The lowest BCUT2D eigenvalue weighted by Gasteiger charge is -2.22. The molecule has 0 radical (unpaired) electrons. The Labute approximate surface area is 145 Å². The van der Waals surface area contributed by atoms with Gasteiger partial charge >= 0.3 is 0 Å². The zero-order valence-electron chi connectivity index (χ0n) is 13.0. The van der Waals surface area contributed by atoms with Gasteiger partial charge in [-0.3, -0.25) is 9.59 Å². The molecule has 0 spiro atoms. The van der Waals surface area contributed by atoms with Gasteiger partial charge in [0.25, 0.3) is 0 Å². The Bertz CT molecular complexity index is 536. The van der Waals surface area contributed by atoms with Crippen LogP contribution in [0.2, 0.25) is 0 Å². The number of carbonyl (C=O) groups excluding carboxylic acids is 2. The fourth-order valence-electron chi connectivity index (χ4n) is 1.92. The summed E-state index contributed by atoms with van der Waals surface area (Å²) in [5, 5.41) is 5.34. The minimum Gasteiger partial charge on any atom is -0.345 e. The molecule has 0 aliphatic heterocycles. The molecule has 0 fully saturated rings. The van der Waals surface area contributed by atoms with Crippen LogP contribution in [0.15, 0.2) is 22.7 Å². The molecular formula is C15H23BrClN3O2. The summed E-state index contributed by atoms with van der Waals surface area (Å²) in [7, 11) is 0. The second-order valence-corrected chi connectivity index (χ2v) is 6.27. The number of halogens is 2. The third-order valence-corrected chi connectivity index (χ3v) is 3.66. The van der Waals surface area contributed by atoms with Crippen molar-refractivity contribution in [2.24, 2.45) is 5.73 Å². The van der Waals surface area contributed by atoms with Gasteiger partial charge in [0.15, 0.2) is 0 Å². The summed E-state index contributed by atoms with van der Waals surface area (Å²) >= 11 is 3.35. The van der Waals surface area contributed by atoms with Gasteiger partial charge in [0, 0.05) is 10.2 Å². The van der Waals surface area contributed by atoms with Crippen LogP contribution in [0.25, 0.3) is 0 Å². The van der Waals surface area contributed by atoms with E-state index >= 15 is 0 Å². The molecule has 5 nitrogen and oxygen atoms in total. The predicted molar refractivity (Wildman–Crippen MR) is 95.3 cm³/mol. The number of amides is 2. The Morgan fingerprint density at radius 1 is 1.36 bits per heavy atom. The number of anilines is 1. The summed E-state index contributed by atoms with van der Waals surface area (Å²) in [6, 6.07) is 5.62. The molecule has 0 saturated carbocycles. The molecule has 124 valence electrons. The standard InChI is InChI=1S/C15H22BrN3O2.ClH/c1-4-7-15(3,17)14(21)18-9-13(20)19-12-8-11(16)6-5-10(12)2;/h5-6,8H,4,7,9,17H2,1-3H3,(H,18,21)(H,19,20);1H. The number of nitrogens with two attached hydrogens (primary N) is 1. The Balaban J connectivity index is 0.00000441. The lowest BCUT2D eigenvalue weighted by atomic mass is 9.96. The second kappa shape index (κ2) is 9.12. The quantitative estimate of drug-likeness (QED) is 0.696. The first kappa shape index (κ1) is 20.9. The van der Waals surface area contributed by atoms with E-state index in [4.69, 9.17) is 5.73 Å². The number of benzene rings is 1. The first-order valence-corrected chi connectivity index (χ1v) is 7.68. The van der Waals surface area contributed by atoms with E-state index in [0.29, 0.717) is 12.1 Å². The molecule has 0 aromatic heterocycles. The maximum Gasteiger partial charge on any atom is 0.243 e. The predicted octanol–water partition coefficient (Wildman–Crippen LogP) is 2.75. The third-order valence-electron chi connectivity index (χ3n) is 3.17. The molecule has 0 heterocycles. The van der Waals surface area contributed by atoms with Crippen molar-refractivity contribution in [1.29, 1.82) is 0 Å². The Morgan fingerprint density at radius 3 is 2.59 bits per heavy atom. The SMILES string of the molecule is CCCC(C)(N)C(=O)NCC(=O)Nc1cc(Br)ccc1C.Cl. The molecule has 4 N–H and O–H groups in total. The molecule has 2 amide bonds. The van der Waals surface area contributed by atoms with Gasteiger partial charge < -0.3 is 16.4 Å². The van der Waals surface area contributed by atoms with E-state index in [1.165, 1.54) is 0 Å². The average Bonchev–Trinajstić information content (AvgIpc) is 2.40. The molecule has 0 saturated heterocycles. The van der Waals surface area contributed by atoms with Crippen LogP contribution in [0.4, 0.5) is 5.69 Å². The fourth-order valence-corrected chi connectivity index (χ4v) is 2.28. The molecule has 1 aromatic carbocycles. The largest absolute Gasteiger partial charge is 0.345 e. The molecule has 1 rings (SSSR count). The van der Waals surface area contributed by atoms with E-state index < -0.39 is 5.54 Å². The van der Waals surface area contributed by atoms with Crippen LogP contribution in [0, 0.1) is 6.92 Å². The van der Waals surface area contributed by atoms with Crippen LogP contribution in [0.3, 0.4) is 0 Å². The number of hydrogen-bond donors (Lipinski definition) is 3. The molecule has 1 unspecified atom stereocenters. The zero-order chi connectivity index (χ0) is 16.0. The van der Waals surface area contributed by atoms with Gasteiger partial charge in [-0.15, -0.1) is 12.4 Å². The summed E-state index contributed by atoms with van der Waals surface area (Å²) < 4.78 is 0.880. The fraction of sp³-hybridized carbons (Fsp3) is 0.467. The van der Waals surface area contributed by atoms with Crippen molar-refractivity contribution >= 4 is 45.8 Å². The Hall–Kier alpha value is -1.11. The van der Waals surface area contributed by atoms with Crippen LogP contribution in [0.1, 0.15) is 32.3 Å². The van der Waals surface area contributed by atoms with E-state index in [1.54, 1.807) is 6.92 Å². The van der Waals surface area contributed by atoms with Crippen LogP contribution >= 0.6 is 28.3 Å². The maximum absolute atomic E-state index is 11.9. The molecule has 7 heteroatoms. The van der Waals surface area contributed by atoms with Crippen molar-refractivity contribution in [2.75, 3.05) is 11.9 Å². The van der Waals surface area contributed by atoms with Gasteiger partial charge in [0.05, 0.1) is 12.1 Å². The van der Waals surface area contributed by atoms with Crippen LogP contribution < -0.4 is 16.4 Å². The van der Waals surface area contributed by atoms with E-state index in [-0.39, 0.29) is 30.8 Å². The molecule has 22 heavy (non-hydrogen) atoms. The average molecular weight is 393 g/mol. The third kappa shape index (κ3) is 6.34. The summed E-state index contributed by atoms with van der Waals surface area (Å²) in [4.78, 5) is 23.8. The summed E-state index contributed by atoms with van der Waals surface area (Å²) in [6.45, 7) is 5.43. The maximum atomic E-state index is 11.9. The van der Waals surface area contributed by atoms with E-state index in [0.717, 1.165) is 16.5 Å². The number of aryl methyl sites for hydroxylation is 1. The molecule has 1 atom stereocenters. The lowest BCUT2D eigenvalue weighted by molar-refractivity contribution is -0.128. The molecule has 1 aromatic rings. The van der Waals surface area contributed by atoms with Crippen molar-refractivity contribution in [3.63, 3.8) is 0 Å². The van der Waals surface area contributed by atoms with Gasteiger partial charge in [-0.05, 0) is 38.0 Å². The van der Waals surface area contributed by atoms with Crippen molar-refractivity contribution in [3.8, 4) is 0 Å². The second-order valence-electron chi connectivity index (χ2n) is 5.36. The van der Waals surface area contributed by atoms with Crippen LogP contribution in [0.5, 0.6) is 0 Å². The van der Waals surface area contributed by atoms with Crippen molar-refractivity contribution in [3.05, 3.63) is 28.2 Å². The van der Waals surface area contributed by atoms with E-state index in [1.807, 2.05) is 32.0 Å². The highest BCUT2D eigenvalue weighted by Crippen LogP contribution is 2.20. The number of hydrogen-bond acceptors (Lipinski definition) is 3. The van der Waals surface area contributed by atoms with Crippen molar-refractivity contribution in [1.82, 2.24) is 5.32 Å². The highest BCUT2D eigenvalue weighted by molar-refractivity contribution is 9.10.